The number of likely N-dealkylation sites (tertiary alicyclic amines) is 1. The van der Waals surface area contributed by atoms with E-state index in [1.807, 2.05) is 6.92 Å². The predicted molar refractivity (Wildman–Crippen MR) is 70.3 cm³/mol. The third-order valence-corrected chi connectivity index (χ3v) is 3.83. The van der Waals surface area contributed by atoms with Crippen molar-refractivity contribution in [2.45, 2.75) is 39.7 Å². The highest BCUT2D eigenvalue weighted by Gasteiger charge is 2.41. The van der Waals surface area contributed by atoms with Gasteiger partial charge in [-0.05, 0) is 33.6 Å². The first-order valence-corrected chi connectivity index (χ1v) is 6.30. The molecule has 2 atom stereocenters. The number of amides is 2. The Morgan fingerprint density at radius 2 is 1.89 bits per heavy atom. The molecule has 108 valence electrons. The predicted octanol–water partition coefficient (Wildman–Crippen LogP) is -0.129. The minimum Gasteiger partial charge on any atom is -0.409 e. The molecule has 2 unspecified atom stereocenters. The lowest BCUT2D eigenvalue weighted by Gasteiger charge is -2.40. The molecule has 1 aliphatic heterocycles. The van der Waals surface area contributed by atoms with Crippen molar-refractivity contribution in [3.8, 4) is 0 Å². The molecule has 19 heavy (non-hydrogen) atoms. The highest BCUT2D eigenvalue weighted by molar-refractivity contribution is 6.06. The van der Waals surface area contributed by atoms with E-state index in [1.165, 1.54) is 0 Å². The van der Waals surface area contributed by atoms with Crippen LogP contribution >= 0.6 is 0 Å². The van der Waals surface area contributed by atoms with Gasteiger partial charge in [0, 0.05) is 12.6 Å². The number of hydrogen-bond acceptors (Lipinski definition) is 4. The molecule has 0 saturated carbocycles. The van der Waals surface area contributed by atoms with E-state index in [1.54, 1.807) is 18.7 Å². The largest absolute Gasteiger partial charge is 0.409 e. The Bertz CT molecular complexity index is 406. The Morgan fingerprint density at radius 1 is 1.32 bits per heavy atom. The topological polar surface area (TPSA) is 122 Å². The smallest absolute Gasteiger partial charge is 0.236 e. The zero-order valence-corrected chi connectivity index (χ0v) is 11.6. The van der Waals surface area contributed by atoms with Crippen molar-refractivity contribution in [1.29, 1.82) is 0 Å². The lowest BCUT2D eigenvalue weighted by atomic mass is 9.86. The molecule has 7 nitrogen and oxygen atoms in total. The third-order valence-electron chi connectivity index (χ3n) is 3.83. The van der Waals surface area contributed by atoms with Crippen molar-refractivity contribution in [2.24, 2.45) is 28.0 Å². The lowest BCUT2D eigenvalue weighted by molar-refractivity contribution is -0.143. The van der Waals surface area contributed by atoms with Crippen molar-refractivity contribution in [3.63, 3.8) is 0 Å². The number of carbonyl (C=O) groups is 2. The second kappa shape index (κ2) is 5.46. The molecule has 5 N–H and O–H groups in total. The Balaban J connectivity index is 2.93. The number of piperidine rings is 1. The number of nitrogens with two attached hydrogens (primary N) is 2. The van der Waals surface area contributed by atoms with Crippen molar-refractivity contribution < 1.29 is 14.8 Å². The molecule has 1 rings (SSSR count). The highest BCUT2D eigenvalue weighted by Crippen LogP contribution is 2.27. The van der Waals surface area contributed by atoms with Crippen molar-refractivity contribution >= 4 is 17.6 Å². The van der Waals surface area contributed by atoms with Gasteiger partial charge < -0.3 is 21.6 Å². The second-order valence-corrected chi connectivity index (χ2v) is 5.59. The molecule has 0 aliphatic carbocycles. The molecule has 1 saturated heterocycles. The summed E-state index contributed by atoms with van der Waals surface area (Å²) in [7, 11) is 0. The number of primary amides is 1. The summed E-state index contributed by atoms with van der Waals surface area (Å²) < 4.78 is 0. The van der Waals surface area contributed by atoms with Crippen LogP contribution in [-0.2, 0) is 9.59 Å². The van der Waals surface area contributed by atoms with E-state index in [0.717, 1.165) is 0 Å². The molecule has 0 aromatic rings. The summed E-state index contributed by atoms with van der Waals surface area (Å²) in [5.41, 5.74) is 9.76. The summed E-state index contributed by atoms with van der Waals surface area (Å²) in [5, 5.41) is 11.7. The van der Waals surface area contributed by atoms with E-state index in [4.69, 9.17) is 16.7 Å². The Hall–Kier alpha value is -1.79. The third kappa shape index (κ3) is 2.97. The van der Waals surface area contributed by atoms with Crippen LogP contribution in [0.2, 0.25) is 0 Å². The van der Waals surface area contributed by atoms with Gasteiger partial charge in [0.25, 0.3) is 0 Å². The Kier molecular flexibility index (Phi) is 4.39. The van der Waals surface area contributed by atoms with E-state index < -0.39 is 11.3 Å². The van der Waals surface area contributed by atoms with Crippen molar-refractivity contribution in [1.82, 2.24) is 4.90 Å². The van der Waals surface area contributed by atoms with Crippen molar-refractivity contribution in [2.75, 3.05) is 6.54 Å². The lowest BCUT2D eigenvalue weighted by Crippen LogP contribution is -2.55. The van der Waals surface area contributed by atoms with Crippen LogP contribution in [0.1, 0.15) is 33.6 Å². The Morgan fingerprint density at radius 3 is 2.37 bits per heavy atom. The van der Waals surface area contributed by atoms with Gasteiger partial charge in [0.1, 0.15) is 5.41 Å². The number of rotatable bonds is 3. The molecule has 0 bridgehead atoms. The molecular formula is C12H22N4O3. The van der Waals surface area contributed by atoms with Crippen LogP contribution < -0.4 is 11.5 Å². The first-order valence-electron chi connectivity index (χ1n) is 6.30. The maximum atomic E-state index is 12.5. The summed E-state index contributed by atoms with van der Waals surface area (Å²) >= 11 is 0. The van der Waals surface area contributed by atoms with Gasteiger partial charge in [-0.1, -0.05) is 5.16 Å². The van der Waals surface area contributed by atoms with Crippen LogP contribution in [-0.4, -0.2) is 40.3 Å². The van der Waals surface area contributed by atoms with Crippen LogP contribution in [0.3, 0.4) is 0 Å². The van der Waals surface area contributed by atoms with Crippen LogP contribution in [0.5, 0.6) is 0 Å². The number of amidine groups is 1. The van der Waals surface area contributed by atoms with Crippen molar-refractivity contribution in [3.05, 3.63) is 0 Å². The molecular weight excluding hydrogens is 248 g/mol. The summed E-state index contributed by atoms with van der Waals surface area (Å²) in [4.78, 5) is 25.4. The van der Waals surface area contributed by atoms with E-state index in [0.29, 0.717) is 12.8 Å². The molecule has 0 spiro atoms. The maximum Gasteiger partial charge on any atom is 0.236 e. The molecule has 7 heteroatoms. The van der Waals surface area contributed by atoms with E-state index >= 15 is 0 Å². The standard InChI is InChI=1S/C12H22N4O3/c1-7-4-5-8(9(13)17)6-16(7)11(18)12(2,3)10(14)15-19/h7-8,19H,4-6H2,1-3H3,(H2,13,17)(H2,14,15). The zero-order valence-electron chi connectivity index (χ0n) is 11.6. The van der Waals surface area contributed by atoms with Gasteiger partial charge in [-0.25, -0.2) is 0 Å². The summed E-state index contributed by atoms with van der Waals surface area (Å²) in [6.45, 7) is 5.38. The van der Waals surface area contributed by atoms with Gasteiger partial charge in [0.05, 0.1) is 5.92 Å². The van der Waals surface area contributed by atoms with Gasteiger partial charge in [-0.15, -0.1) is 0 Å². The van der Waals surface area contributed by atoms with Crippen LogP contribution in [0, 0.1) is 11.3 Å². The fourth-order valence-corrected chi connectivity index (χ4v) is 2.22. The quantitative estimate of drug-likeness (QED) is 0.286. The van der Waals surface area contributed by atoms with E-state index in [2.05, 4.69) is 5.16 Å². The van der Waals surface area contributed by atoms with Gasteiger partial charge >= 0.3 is 0 Å². The van der Waals surface area contributed by atoms with Gasteiger partial charge in [0.15, 0.2) is 5.84 Å². The number of nitrogens with zero attached hydrogens (tertiary/aromatic N) is 2. The minimum absolute atomic E-state index is 0.00821. The van der Waals surface area contributed by atoms with Crippen LogP contribution in [0.25, 0.3) is 0 Å². The normalized spacial score (nSPS) is 25.2. The molecule has 0 aromatic carbocycles. The minimum atomic E-state index is -1.11. The highest BCUT2D eigenvalue weighted by atomic mass is 16.4. The number of oxime groups is 1. The van der Waals surface area contributed by atoms with Crippen LogP contribution in [0.15, 0.2) is 5.16 Å². The van der Waals surface area contributed by atoms with E-state index in [9.17, 15) is 9.59 Å². The molecule has 1 fully saturated rings. The SMILES string of the molecule is CC1CCC(C(N)=O)CN1C(=O)C(C)(C)C(N)=NO. The van der Waals surface area contributed by atoms with Gasteiger partial charge in [-0.2, -0.15) is 0 Å². The zero-order chi connectivity index (χ0) is 14.8. The second-order valence-electron chi connectivity index (χ2n) is 5.59. The molecule has 0 aromatic heterocycles. The molecule has 1 aliphatic rings. The maximum absolute atomic E-state index is 12.5. The average molecular weight is 270 g/mol. The Labute approximate surface area is 112 Å². The molecule has 2 amide bonds. The monoisotopic (exact) mass is 270 g/mol. The molecule has 0 radical (unpaired) electrons. The van der Waals surface area contributed by atoms with Crippen LogP contribution in [0.4, 0.5) is 0 Å². The first kappa shape index (κ1) is 15.3. The fraction of sp³-hybridized carbons (Fsp3) is 0.750. The summed E-state index contributed by atoms with van der Waals surface area (Å²) in [6, 6.07) is 0.00821. The fourth-order valence-electron chi connectivity index (χ4n) is 2.22. The van der Waals surface area contributed by atoms with E-state index in [-0.39, 0.29) is 30.2 Å². The average Bonchev–Trinajstić information content (AvgIpc) is 2.36. The number of carbonyl (C=O) groups excluding carboxylic acids is 2. The van der Waals surface area contributed by atoms with Gasteiger partial charge in [0.2, 0.25) is 11.8 Å². The molecule has 1 heterocycles. The number of hydrogen-bond donors (Lipinski definition) is 3. The summed E-state index contributed by atoms with van der Waals surface area (Å²) in [6.07, 6.45) is 1.40. The van der Waals surface area contributed by atoms with Gasteiger partial charge in [-0.3, -0.25) is 9.59 Å². The summed E-state index contributed by atoms with van der Waals surface area (Å²) in [5.74, 6) is -1.14. The first-order chi connectivity index (χ1) is 8.71.